The predicted molar refractivity (Wildman–Crippen MR) is 41.0 cm³/mol. The Morgan fingerprint density at radius 1 is 1.27 bits per heavy atom. The van der Waals surface area contributed by atoms with E-state index in [2.05, 4.69) is 15.3 Å². The van der Waals surface area contributed by atoms with Crippen molar-refractivity contribution >= 4 is 5.82 Å². The van der Waals surface area contributed by atoms with Gasteiger partial charge in [-0.1, -0.05) is 0 Å². The van der Waals surface area contributed by atoms with Gasteiger partial charge in [0.15, 0.2) is 11.6 Å². The highest BCUT2D eigenvalue weighted by Crippen LogP contribution is 2.11. The Morgan fingerprint density at radius 3 is 2.45 bits per heavy atom. The van der Waals surface area contributed by atoms with Gasteiger partial charge in [-0.25, -0.2) is 14.4 Å². The van der Waals surface area contributed by atoms with Gasteiger partial charge in [-0.05, 0) is 13.8 Å². The van der Waals surface area contributed by atoms with Gasteiger partial charge in [0.1, 0.15) is 5.82 Å². The second kappa shape index (κ2) is 2.82. The van der Waals surface area contributed by atoms with E-state index in [1.165, 1.54) is 0 Å². The van der Waals surface area contributed by atoms with Gasteiger partial charge >= 0.3 is 0 Å². The van der Waals surface area contributed by atoms with Gasteiger partial charge in [-0.3, -0.25) is 0 Å². The van der Waals surface area contributed by atoms with Crippen molar-refractivity contribution in [2.75, 3.05) is 12.4 Å². The second-order valence-electron chi connectivity index (χ2n) is 2.27. The van der Waals surface area contributed by atoms with E-state index in [-0.39, 0.29) is 11.6 Å². The topological polar surface area (TPSA) is 37.8 Å². The lowest BCUT2D eigenvalue weighted by Crippen LogP contribution is -2.03. The Balaban J connectivity index is 3.24. The normalized spacial score (nSPS) is 9.82. The van der Waals surface area contributed by atoms with Crippen molar-refractivity contribution in [3.05, 3.63) is 17.3 Å². The van der Waals surface area contributed by atoms with Crippen LogP contribution in [-0.4, -0.2) is 17.0 Å². The largest absolute Gasteiger partial charge is 0.371 e. The van der Waals surface area contributed by atoms with Crippen LogP contribution < -0.4 is 5.32 Å². The first kappa shape index (κ1) is 7.91. The van der Waals surface area contributed by atoms with Gasteiger partial charge in [0.2, 0.25) is 0 Å². The molecule has 0 aliphatic rings. The summed E-state index contributed by atoms with van der Waals surface area (Å²) in [5.41, 5.74) is 0.377. The van der Waals surface area contributed by atoms with Gasteiger partial charge in [0, 0.05) is 7.05 Å². The number of hydrogen-bond donors (Lipinski definition) is 1. The fourth-order valence-corrected chi connectivity index (χ4v) is 0.865. The molecule has 0 atom stereocenters. The zero-order valence-electron chi connectivity index (χ0n) is 6.77. The van der Waals surface area contributed by atoms with Crippen molar-refractivity contribution in [1.29, 1.82) is 0 Å². The molecule has 0 fully saturated rings. The van der Waals surface area contributed by atoms with Crippen LogP contribution in [0.25, 0.3) is 0 Å². The maximum Gasteiger partial charge on any atom is 0.186 e. The molecule has 0 radical (unpaired) electrons. The van der Waals surface area contributed by atoms with Crippen molar-refractivity contribution in [3.63, 3.8) is 0 Å². The summed E-state index contributed by atoms with van der Waals surface area (Å²) < 4.78 is 13.0. The van der Waals surface area contributed by atoms with Crippen LogP contribution in [0.1, 0.15) is 11.5 Å². The van der Waals surface area contributed by atoms with Crippen LogP contribution >= 0.6 is 0 Å². The van der Waals surface area contributed by atoms with Gasteiger partial charge in [-0.15, -0.1) is 0 Å². The van der Waals surface area contributed by atoms with Crippen LogP contribution in [0.15, 0.2) is 0 Å². The first-order valence-electron chi connectivity index (χ1n) is 3.33. The van der Waals surface area contributed by atoms with Crippen molar-refractivity contribution < 1.29 is 4.39 Å². The third-order valence-electron chi connectivity index (χ3n) is 1.37. The molecule has 0 saturated carbocycles. The van der Waals surface area contributed by atoms with Crippen molar-refractivity contribution in [1.82, 2.24) is 9.97 Å². The summed E-state index contributed by atoms with van der Waals surface area (Å²) in [5, 5.41) is 2.65. The van der Waals surface area contributed by atoms with E-state index in [0.29, 0.717) is 11.5 Å². The molecule has 0 unspecified atom stereocenters. The van der Waals surface area contributed by atoms with Crippen LogP contribution in [0, 0.1) is 19.7 Å². The molecule has 0 aliphatic carbocycles. The molecule has 0 bridgehead atoms. The molecular weight excluding hydrogens is 145 g/mol. The molecule has 4 heteroatoms. The molecule has 0 saturated heterocycles. The molecular formula is C7H10FN3. The van der Waals surface area contributed by atoms with Crippen LogP contribution in [0.5, 0.6) is 0 Å². The third-order valence-corrected chi connectivity index (χ3v) is 1.37. The summed E-state index contributed by atoms with van der Waals surface area (Å²) in [6, 6.07) is 0. The molecule has 0 amide bonds. The highest BCUT2D eigenvalue weighted by molar-refractivity contribution is 5.36. The summed E-state index contributed by atoms with van der Waals surface area (Å²) in [7, 11) is 1.63. The van der Waals surface area contributed by atoms with Gasteiger partial charge in [0.05, 0.1) is 5.69 Å². The highest BCUT2D eigenvalue weighted by atomic mass is 19.1. The summed E-state index contributed by atoms with van der Waals surface area (Å²) in [4.78, 5) is 7.71. The summed E-state index contributed by atoms with van der Waals surface area (Å²) in [6.07, 6.45) is 0. The minimum atomic E-state index is -0.377. The van der Waals surface area contributed by atoms with Crippen molar-refractivity contribution in [2.45, 2.75) is 13.8 Å². The zero-order valence-corrected chi connectivity index (χ0v) is 6.77. The summed E-state index contributed by atoms with van der Waals surface area (Å²) in [5.74, 6) is 0.460. The number of halogens is 1. The van der Waals surface area contributed by atoms with E-state index in [4.69, 9.17) is 0 Å². The molecule has 11 heavy (non-hydrogen) atoms. The first-order valence-corrected chi connectivity index (χ1v) is 3.33. The van der Waals surface area contributed by atoms with Gasteiger partial charge in [-0.2, -0.15) is 0 Å². The number of nitrogens with zero attached hydrogens (tertiary/aromatic N) is 2. The van der Waals surface area contributed by atoms with Crippen LogP contribution in [0.2, 0.25) is 0 Å². The number of anilines is 1. The minimum Gasteiger partial charge on any atom is -0.371 e. The molecule has 1 N–H and O–H groups in total. The lowest BCUT2D eigenvalue weighted by molar-refractivity contribution is 0.603. The smallest absolute Gasteiger partial charge is 0.186 e. The van der Waals surface area contributed by atoms with Crippen LogP contribution in [0.3, 0.4) is 0 Å². The Hall–Kier alpha value is -1.19. The molecule has 3 nitrogen and oxygen atoms in total. The van der Waals surface area contributed by atoms with Crippen molar-refractivity contribution in [3.8, 4) is 0 Å². The van der Waals surface area contributed by atoms with Gasteiger partial charge < -0.3 is 5.32 Å². The average Bonchev–Trinajstić information content (AvgIpc) is 1.96. The Bertz CT molecular complexity index is 273. The van der Waals surface area contributed by atoms with E-state index in [0.717, 1.165) is 0 Å². The quantitative estimate of drug-likeness (QED) is 0.663. The summed E-state index contributed by atoms with van der Waals surface area (Å²) in [6.45, 7) is 3.35. The number of rotatable bonds is 1. The maximum absolute atomic E-state index is 13.0. The predicted octanol–water partition coefficient (Wildman–Crippen LogP) is 1.27. The van der Waals surface area contributed by atoms with E-state index >= 15 is 0 Å². The minimum absolute atomic E-state index is 0.259. The summed E-state index contributed by atoms with van der Waals surface area (Å²) >= 11 is 0. The molecule has 1 aromatic heterocycles. The lowest BCUT2D eigenvalue weighted by Gasteiger charge is -2.03. The number of aryl methyl sites for hydroxylation is 2. The highest BCUT2D eigenvalue weighted by Gasteiger charge is 2.06. The Labute approximate surface area is 64.7 Å². The van der Waals surface area contributed by atoms with E-state index in [1.807, 2.05) is 0 Å². The number of nitrogens with one attached hydrogen (secondary N) is 1. The molecule has 1 aromatic rings. The number of aromatic nitrogens is 2. The van der Waals surface area contributed by atoms with E-state index in [9.17, 15) is 4.39 Å². The molecule has 1 rings (SSSR count). The molecule has 0 spiro atoms. The molecule has 1 heterocycles. The Morgan fingerprint density at radius 2 is 1.91 bits per heavy atom. The Kier molecular flexibility index (Phi) is 2.03. The van der Waals surface area contributed by atoms with E-state index in [1.54, 1.807) is 20.9 Å². The van der Waals surface area contributed by atoms with Gasteiger partial charge in [0.25, 0.3) is 0 Å². The lowest BCUT2D eigenvalue weighted by atomic mass is 10.4. The SMILES string of the molecule is CNc1nc(C)nc(C)c1F. The molecule has 60 valence electrons. The van der Waals surface area contributed by atoms with E-state index < -0.39 is 0 Å². The molecule has 0 aliphatic heterocycles. The molecule has 0 aromatic carbocycles. The van der Waals surface area contributed by atoms with Crippen LogP contribution in [0.4, 0.5) is 10.2 Å². The van der Waals surface area contributed by atoms with Crippen molar-refractivity contribution in [2.24, 2.45) is 0 Å². The standard InChI is InChI=1S/C7H10FN3/c1-4-6(8)7(9-3)11-5(2)10-4/h1-3H3,(H,9,10,11). The maximum atomic E-state index is 13.0. The second-order valence-corrected chi connectivity index (χ2v) is 2.27. The zero-order chi connectivity index (χ0) is 8.43. The average molecular weight is 155 g/mol. The first-order chi connectivity index (χ1) is 5.15. The fraction of sp³-hybridized carbons (Fsp3) is 0.429. The third kappa shape index (κ3) is 1.45. The number of hydrogen-bond acceptors (Lipinski definition) is 3. The monoisotopic (exact) mass is 155 g/mol. The van der Waals surface area contributed by atoms with Crippen LogP contribution in [-0.2, 0) is 0 Å². The fourth-order valence-electron chi connectivity index (χ4n) is 0.865.